The third-order valence-corrected chi connectivity index (χ3v) is 3.47. The van der Waals surface area contributed by atoms with Crippen LogP contribution in [0.3, 0.4) is 0 Å². The molecule has 0 saturated heterocycles. The molecule has 0 aliphatic heterocycles. The van der Waals surface area contributed by atoms with E-state index in [4.69, 9.17) is 0 Å². The van der Waals surface area contributed by atoms with E-state index < -0.39 is 0 Å². The average molecular weight is 347 g/mol. The number of pyridine rings is 1. The average Bonchev–Trinajstić information content (AvgIpc) is 2.49. The van der Waals surface area contributed by atoms with E-state index in [9.17, 15) is 0 Å². The van der Waals surface area contributed by atoms with Crippen molar-refractivity contribution in [2.45, 2.75) is 6.92 Å². The summed E-state index contributed by atoms with van der Waals surface area (Å²) in [6.45, 7) is 2.13. The fourth-order valence-corrected chi connectivity index (χ4v) is 2.33. The van der Waals surface area contributed by atoms with Crippen molar-refractivity contribution in [1.29, 1.82) is 0 Å². The normalized spacial score (nSPS) is 10.0. The van der Waals surface area contributed by atoms with Gasteiger partial charge in [-0.3, -0.25) is 0 Å². The molecule has 1 radical (unpaired) electrons. The minimum Gasteiger partial charge on any atom is -0.227 e. The molecule has 0 saturated carbocycles. The predicted octanol–water partition coefficient (Wildman–Crippen LogP) is 3.75. The Balaban J connectivity index is 0.00000161. The molecule has 3 rings (SSSR count). The zero-order valence-electron chi connectivity index (χ0n) is 12.3. The van der Waals surface area contributed by atoms with Crippen molar-refractivity contribution >= 4 is 0 Å². The van der Waals surface area contributed by atoms with Crippen LogP contribution in [0, 0.1) is 19.1 Å². The topological polar surface area (TPSA) is 3.88 Å². The van der Waals surface area contributed by atoms with Gasteiger partial charge in [0.1, 0.15) is 18.9 Å². The SMILES string of the molecule is Cc1ccccc1-c1[c-]c(-c2[c-]cccc2)cc[n+]1C.[Y]. The molecule has 0 bridgehead atoms. The summed E-state index contributed by atoms with van der Waals surface area (Å²) < 4.78 is 2.11. The Bertz CT molecular complexity index is 736. The molecule has 1 aromatic heterocycles. The van der Waals surface area contributed by atoms with Gasteiger partial charge < -0.3 is 0 Å². The summed E-state index contributed by atoms with van der Waals surface area (Å²) >= 11 is 0. The Morgan fingerprint density at radius 1 is 0.905 bits per heavy atom. The smallest absolute Gasteiger partial charge is 0.136 e. The molecule has 1 nitrogen and oxygen atoms in total. The maximum atomic E-state index is 3.52. The molecule has 0 atom stereocenters. The molecule has 2 aromatic carbocycles. The Morgan fingerprint density at radius 3 is 2.38 bits per heavy atom. The summed E-state index contributed by atoms with van der Waals surface area (Å²) in [5.74, 6) is 0. The van der Waals surface area contributed by atoms with Crippen molar-refractivity contribution in [3.8, 4) is 22.4 Å². The number of nitrogens with zero attached hydrogens (tertiary/aromatic N) is 1. The number of hydrogen-bond acceptors (Lipinski definition) is 0. The number of benzene rings is 2. The maximum Gasteiger partial charge on any atom is 0.136 e. The third kappa shape index (κ3) is 3.48. The van der Waals surface area contributed by atoms with E-state index in [2.05, 4.69) is 73.3 Å². The Hall–Kier alpha value is -1.31. The van der Waals surface area contributed by atoms with E-state index in [1.54, 1.807) is 0 Å². The summed E-state index contributed by atoms with van der Waals surface area (Å²) in [4.78, 5) is 0. The molecule has 1 heterocycles. The second-order valence-electron chi connectivity index (χ2n) is 4.91. The molecular formula is C19H16NY-. The van der Waals surface area contributed by atoms with Gasteiger partial charge in [0.05, 0.1) is 0 Å². The molecule has 101 valence electrons. The number of hydrogen-bond donors (Lipinski definition) is 0. The Kier molecular flexibility index (Phi) is 5.44. The zero-order valence-corrected chi connectivity index (χ0v) is 15.1. The van der Waals surface area contributed by atoms with Crippen molar-refractivity contribution in [3.63, 3.8) is 0 Å². The van der Waals surface area contributed by atoms with Gasteiger partial charge in [-0.2, -0.15) is 24.3 Å². The molecule has 0 aliphatic rings. The van der Waals surface area contributed by atoms with Gasteiger partial charge in [0.25, 0.3) is 0 Å². The van der Waals surface area contributed by atoms with Crippen LogP contribution in [0.25, 0.3) is 22.4 Å². The van der Waals surface area contributed by atoms with Crippen LogP contribution in [-0.2, 0) is 39.8 Å². The molecule has 0 fully saturated rings. The van der Waals surface area contributed by atoms with Gasteiger partial charge in [-0.15, -0.1) is 18.2 Å². The zero-order chi connectivity index (χ0) is 13.9. The second-order valence-corrected chi connectivity index (χ2v) is 4.91. The fourth-order valence-electron chi connectivity index (χ4n) is 2.33. The number of aryl methyl sites for hydroxylation is 2. The summed E-state index contributed by atoms with van der Waals surface area (Å²) in [5, 5.41) is 0. The molecule has 3 aromatic rings. The van der Waals surface area contributed by atoms with Crippen LogP contribution in [0.4, 0.5) is 0 Å². The molecule has 0 spiro atoms. The van der Waals surface area contributed by atoms with Crippen molar-refractivity contribution in [3.05, 3.63) is 78.5 Å². The Morgan fingerprint density at radius 2 is 1.67 bits per heavy atom. The van der Waals surface area contributed by atoms with Crippen molar-refractivity contribution in [2.24, 2.45) is 7.05 Å². The minimum absolute atomic E-state index is 0. The van der Waals surface area contributed by atoms with Crippen LogP contribution in [0.5, 0.6) is 0 Å². The van der Waals surface area contributed by atoms with Crippen LogP contribution < -0.4 is 4.57 Å². The molecule has 0 amide bonds. The molecule has 0 N–H and O–H groups in total. The maximum absolute atomic E-state index is 3.52. The minimum atomic E-state index is 0. The van der Waals surface area contributed by atoms with Crippen LogP contribution >= 0.6 is 0 Å². The molecule has 2 heteroatoms. The Labute approximate surface area is 151 Å². The third-order valence-electron chi connectivity index (χ3n) is 3.47. The van der Waals surface area contributed by atoms with Crippen LogP contribution in [0.15, 0.2) is 60.8 Å². The van der Waals surface area contributed by atoms with Gasteiger partial charge >= 0.3 is 0 Å². The van der Waals surface area contributed by atoms with Gasteiger partial charge in [-0.25, -0.2) is 15.7 Å². The van der Waals surface area contributed by atoms with E-state index in [-0.39, 0.29) is 32.7 Å². The van der Waals surface area contributed by atoms with Gasteiger partial charge in [0.2, 0.25) is 0 Å². The first-order valence-electron chi connectivity index (χ1n) is 6.71. The number of rotatable bonds is 2. The molecule has 0 aliphatic carbocycles. The first-order chi connectivity index (χ1) is 9.75. The largest absolute Gasteiger partial charge is 0.227 e. The van der Waals surface area contributed by atoms with Crippen LogP contribution in [0.1, 0.15) is 5.56 Å². The van der Waals surface area contributed by atoms with Gasteiger partial charge in [-0.1, -0.05) is 29.8 Å². The number of aromatic nitrogens is 1. The summed E-state index contributed by atoms with van der Waals surface area (Å²) in [6, 6.07) is 25.3. The van der Waals surface area contributed by atoms with Crippen molar-refractivity contribution in [1.82, 2.24) is 0 Å². The van der Waals surface area contributed by atoms with Gasteiger partial charge in [-0.05, 0) is 12.5 Å². The van der Waals surface area contributed by atoms with Crippen molar-refractivity contribution < 1.29 is 37.3 Å². The van der Waals surface area contributed by atoms with E-state index in [0.717, 1.165) is 16.8 Å². The van der Waals surface area contributed by atoms with Gasteiger partial charge in [0.15, 0.2) is 0 Å². The molecule has 0 unspecified atom stereocenters. The van der Waals surface area contributed by atoms with E-state index in [1.165, 1.54) is 11.1 Å². The van der Waals surface area contributed by atoms with E-state index >= 15 is 0 Å². The van der Waals surface area contributed by atoms with E-state index in [1.807, 2.05) is 18.2 Å². The van der Waals surface area contributed by atoms with Crippen LogP contribution in [0.2, 0.25) is 0 Å². The summed E-state index contributed by atoms with van der Waals surface area (Å²) in [7, 11) is 2.05. The quantitative estimate of drug-likeness (QED) is 0.491. The van der Waals surface area contributed by atoms with Crippen molar-refractivity contribution in [2.75, 3.05) is 0 Å². The molecule has 21 heavy (non-hydrogen) atoms. The molecular weight excluding hydrogens is 331 g/mol. The van der Waals surface area contributed by atoms with E-state index in [0.29, 0.717) is 0 Å². The standard InChI is InChI=1S/C19H16N.Y/c1-15-8-6-7-11-18(15)19-14-17(12-13-20(19)2)16-9-4-3-5-10-16;/h3-9,11-13H,1-2H3;/q-1;. The van der Waals surface area contributed by atoms with Gasteiger partial charge in [0, 0.05) is 32.7 Å². The fraction of sp³-hybridized carbons (Fsp3) is 0.105. The first-order valence-corrected chi connectivity index (χ1v) is 6.71. The monoisotopic (exact) mass is 347 g/mol. The first kappa shape index (κ1) is 16.1. The predicted molar refractivity (Wildman–Crippen MR) is 80.9 cm³/mol. The second kappa shape index (κ2) is 7.11. The summed E-state index contributed by atoms with van der Waals surface area (Å²) in [5.41, 5.74) is 5.71. The summed E-state index contributed by atoms with van der Waals surface area (Å²) in [6.07, 6.45) is 2.08. The van der Waals surface area contributed by atoms with Crippen LogP contribution in [-0.4, -0.2) is 0 Å².